The van der Waals surface area contributed by atoms with Crippen LogP contribution in [0.15, 0.2) is 54.7 Å². The standard InChI is InChI=1S/C18H11Cl2N5O/c19-13-6-5-12(9-14(13)20)23-17(26)16-7-8-22-18(25-16)24-15-4-2-1-3-11(15)10-21/h1-9H,(H,23,26)(H,22,24,25). The van der Waals surface area contributed by atoms with Gasteiger partial charge in [-0.2, -0.15) is 5.26 Å². The lowest BCUT2D eigenvalue weighted by molar-refractivity contribution is 0.102. The number of benzene rings is 2. The predicted octanol–water partition coefficient (Wildman–Crippen LogP) is 4.65. The van der Waals surface area contributed by atoms with Crippen LogP contribution in [0.25, 0.3) is 0 Å². The highest BCUT2D eigenvalue weighted by atomic mass is 35.5. The molecule has 26 heavy (non-hydrogen) atoms. The van der Waals surface area contributed by atoms with Crippen molar-refractivity contribution in [1.82, 2.24) is 9.97 Å². The molecular weight excluding hydrogens is 373 g/mol. The maximum absolute atomic E-state index is 12.4. The summed E-state index contributed by atoms with van der Waals surface area (Å²) in [5, 5.41) is 15.5. The molecule has 0 spiro atoms. The molecule has 128 valence electrons. The van der Waals surface area contributed by atoms with Gasteiger partial charge in [-0.25, -0.2) is 9.97 Å². The molecule has 1 heterocycles. The van der Waals surface area contributed by atoms with Crippen molar-refractivity contribution in [3.63, 3.8) is 0 Å². The van der Waals surface area contributed by atoms with Crippen molar-refractivity contribution in [3.8, 4) is 6.07 Å². The average Bonchev–Trinajstić information content (AvgIpc) is 2.65. The molecule has 0 saturated carbocycles. The highest BCUT2D eigenvalue weighted by molar-refractivity contribution is 6.42. The number of carbonyl (C=O) groups excluding carboxylic acids is 1. The first-order valence-corrected chi connectivity index (χ1v) is 8.18. The molecule has 0 saturated heterocycles. The summed E-state index contributed by atoms with van der Waals surface area (Å²) < 4.78 is 0. The van der Waals surface area contributed by atoms with Crippen LogP contribution < -0.4 is 10.6 Å². The third-order valence-corrected chi connectivity index (χ3v) is 4.10. The van der Waals surface area contributed by atoms with E-state index in [9.17, 15) is 4.79 Å². The van der Waals surface area contributed by atoms with Crippen molar-refractivity contribution < 1.29 is 4.79 Å². The summed E-state index contributed by atoms with van der Waals surface area (Å²) >= 11 is 11.8. The molecule has 0 aliphatic heterocycles. The van der Waals surface area contributed by atoms with Crippen molar-refractivity contribution >= 4 is 46.4 Å². The van der Waals surface area contributed by atoms with Gasteiger partial charge in [0.05, 0.1) is 21.3 Å². The number of amides is 1. The van der Waals surface area contributed by atoms with Crippen LogP contribution in [0.4, 0.5) is 17.3 Å². The number of nitrogens with one attached hydrogen (secondary N) is 2. The number of carbonyl (C=O) groups is 1. The molecule has 3 rings (SSSR count). The number of hydrogen-bond donors (Lipinski definition) is 2. The zero-order chi connectivity index (χ0) is 18.5. The fraction of sp³-hybridized carbons (Fsp3) is 0. The van der Waals surface area contributed by atoms with Gasteiger partial charge in [0.2, 0.25) is 5.95 Å². The molecule has 0 radical (unpaired) electrons. The minimum Gasteiger partial charge on any atom is -0.323 e. The number of anilines is 3. The summed E-state index contributed by atoms with van der Waals surface area (Å²) in [5.41, 5.74) is 1.65. The Bertz CT molecular complexity index is 1020. The molecule has 0 fully saturated rings. The Labute approximate surface area is 159 Å². The minimum absolute atomic E-state index is 0.156. The molecule has 0 unspecified atom stereocenters. The van der Waals surface area contributed by atoms with Crippen LogP contribution in [0, 0.1) is 11.3 Å². The summed E-state index contributed by atoms with van der Waals surface area (Å²) in [7, 11) is 0. The Morgan fingerprint density at radius 2 is 1.88 bits per heavy atom. The van der Waals surface area contributed by atoms with Crippen LogP contribution in [0.5, 0.6) is 0 Å². The topological polar surface area (TPSA) is 90.7 Å². The third kappa shape index (κ3) is 4.09. The van der Waals surface area contributed by atoms with Crippen molar-refractivity contribution in [2.45, 2.75) is 0 Å². The molecule has 8 heteroatoms. The summed E-state index contributed by atoms with van der Waals surface area (Å²) in [6.07, 6.45) is 1.45. The van der Waals surface area contributed by atoms with Crippen molar-refractivity contribution in [3.05, 3.63) is 76.0 Å². The number of nitrogens with zero attached hydrogens (tertiary/aromatic N) is 3. The largest absolute Gasteiger partial charge is 0.323 e. The van der Waals surface area contributed by atoms with E-state index in [2.05, 4.69) is 26.7 Å². The highest BCUT2D eigenvalue weighted by Crippen LogP contribution is 2.25. The minimum atomic E-state index is -0.428. The normalized spacial score (nSPS) is 10.0. The van der Waals surface area contributed by atoms with Crippen LogP contribution in [0.1, 0.15) is 16.1 Å². The van der Waals surface area contributed by atoms with E-state index in [0.717, 1.165) is 0 Å². The summed E-state index contributed by atoms with van der Waals surface area (Å²) in [6, 6.07) is 15.3. The van der Waals surface area contributed by atoms with Crippen LogP contribution in [0.3, 0.4) is 0 Å². The second kappa shape index (κ2) is 7.83. The molecule has 0 bridgehead atoms. The maximum atomic E-state index is 12.4. The fourth-order valence-electron chi connectivity index (χ4n) is 2.12. The molecule has 6 nitrogen and oxygen atoms in total. The lowest BCUT2D eigenvalue weighted by Crippen LogP contribution is -2.14. The Kier molecular flexibility index (Phi) is 5.32. The Hall–Kier alpha value is -3.14. The van der Waals surface area contributed by atoms with Crippen molar-refractivity contribution in [2.24, 2.45) is 0 Å². The fourth-order valence-corrected chi connectivity index (χ4v) is 2.42. The zero-order valence-electron chi connectivity index (χ0n) is 13.2. The average molecular weight is 384 g/mol. The number of para-hydroxylation sites is 1. The first kappa shape index (κ1) is 17.7. The van der Waals surface area contributed by atoms with E-state index in [1.165, 1.54) is 12.3 Å². The van der Waals surface area contributed by atoms with E-state index >= 15 is 0 Å². The van der Waals surface area contributed by atoms with E-state index < -0.39 is 5.91 Å². The Balaban J connectivity index is 1.79. The number of nitriles is 1. The van der Waals surface area contributed by atoms with Gasteiger partial charge in [-0.05, 0) is 36.4 Å². The second-order valence-corrected chi connectivity index (χ2v) is 5.95. The molecule has 0 aliphatic carbocycles. The third-order valence-electron chi connectivity index (χ3n) is 3.36. The highest BCUT2D eigenvalue weighted by Gasteiger charge is 2.11. The molecule has 3 aromatic rings. The molecule has 0 aliphatic rings. The first-order valence-electron chi connectivity index (χ1n) is 7.42. The van der Waals surface area contributed by atoms with Gasteiger partial charge in [-0.15, -0.1) is 0 Å². The van der Waals surface area contributed by atoms with E-state index in [4.69, 9.17) is 28.5 Å². The monoisotopic (exact) mass is 383 g/mol. The molecule has 2 N–H and O–H groups in total. The van der Waals surface area contributed by atoms with Crippen molar-refractivity contribution in [2.75, 3.05) is 10.6 Å². The summed E-state index contributed by atoms with van der Waals surface area (Å²) in [4.78, 5) is 20.6. The summed E-state index contributed by atoms with van der Waals surface area (Å²) in [5.74, 6) is -0.225. The Morgan fingerprint density at radius 1 is 1.08 bits per heavy atom. The lowest BCUT2D eigenvalue weighted by atomic mass is 10.2. The molecular formula is C18H11Cl2N5O. The first-order chi connectivity index (χ1) is 12.6. The van der Waals surface area contributed by atoms with E-state index in [0.29, 0.717) is 27.0 Å². The second-order valence-electron chi connectivity index (χ2n) is 5.13. The SMILES string of the molecule is N#Cc1ccccc1Nc1nccc(C(=O)Nc2ccc(Cl)c(Cl)c2)n1. The van der Waals surface area contributed by atoms with Gasteiger partial charge in [0, 0.05) is 11.9 Å². The lowest BCUT2D eigenvalue weighted by Gasteiger charge is -2.09. The number of halogens is 2. The number of aromatic nitrogens is 2. The predicted molar refractivity (Wildman–Crippen MR) is 101 cm³/mol. The molecule has 2 aromatic carbocycles. The van der Waals surface area contributed by atoms with E-state index in [1.807, 2.05) is 0 Å². The smallest absolute Gasteiger partial charge is 0.274 e. The van der Waals surface area contributed by atoms with E-state index in [1.54, 1.807) is 42.5 Å². The quantitative estimate of drug-likeness (QED) is 0.683. The van der Waals surface area contributed by atoms with Crippen LogP contribution in [-0.4, -0.2) is 15.9 Å². The van der Waals surface area contributed by atoms with Gasteiger partial charge in [0.15, 0.2) is 0 Å². The van der Waals surface area contributed by atoms with Gasteiger partial charge in [0.1, 0.15) is 11.8 Å². The van der Waals surface area contributed by atoms with Gasteiger partial charge in [-0.1, -0.05) is 35.3 Å². The van der Waals surface area contributed by atoms with Gasteiger partial charge in [0.25, 0.3) is 5.91 Å². The Morgan fingerprint density at radius 3 is 2.65 bits per heavy atom. The van der Waals surface area contributed by atoms with Gasteiger partial charge >= 0.3 is 0 Å². The van der Waals surface area contributed by atoms with Crippen LogP contribution in [-0.2, 0) is 0 Å². The number of hydrogen-bond acceptors (Lipinski definition) is 5. The molecule has 1 amide bonds. The van der Waals surface area contributed by atoms with E-state index in [-0.39, 0.29) is 11.6 Å². The van der Waals surface area contributed by atoms with Crippen LogP contribution >= 0.6 is 23.2 Å². The number of rotatable bonds is 4. The van der Waals surface area contributed by atoms with Crippen LogP contribution in [0.2, 0.25) is 10.0 Å². The van der Waals surface area contributed by atoms with Gasteiger partial charge in [-0.3, -0.25) is 4.79 Å². The molecule has 1 aromatic heterocycles. The summed E-state index contributed by atoms with van der Waals surface area (Å²) in [6.45, 7) is 0. The van der Waals surface area contributed by atoms with Gasteiger partial charge < -0.3 is 10.6 Å². The maximum Gasteiger partial charge on any atom is 0.274 e. The van der Waals surface area contributed by atoms with Crippen molar-refractivity contribution in [1.29, 1.82) is 5.26 Å². The zero-order valence-corrected chi connectivity index (χ0v) is 14.7. The molecule has 0 atom stereocenters.